The van der Waals surface area contributed by atoms with E-state index in [1.165, 1.54) is 24.3 Å². The van der Waals surface area contributed by atoms with Crippen LogP contribution in [0.4, 0.5) is 24.5 Å². The smallest absolute Gasteiger partial charge is 0.373 e. The van der Waals surface area contributed by atoms with Crippen LogP contribution in [0.2, 0.25) is 5.02 Å². The number of halogens is 4. The summed E-state index contributed by atoms with van der Waals surface area (Å²) in [5.41, 5.74) is -4.04. The van der Waals surface area contributed by atoms with Crippen molar-refractivity contribution in [1.29, 1.82) is 0 Å². The monoisotopic (exact) mass is 572 g/mol. The lowest BCUT2D eigenvalue weighted by atomic mass is 10.1. The second kappa shape index (κ2) is 10.9. The van der Waals surface area contributed by atoms with Gasteiger partial charge in [0.25, 0.3) is 15.9 Å². The Morgan fingerprint density at radius 3 is 2.06 bits per heavy atom. The van der Waals surface area contributed by atoms with Crippen LogP contribution in [0.5, 0.6) is 0 Å². The maximum atomic E-state index is 12.8. The van der Waals surface area contributed by atoms with Crippen LogP contribution in [0.3, 0.4) is 0 Å². The van der Waals surface area contributed by atoms with Gasteiger partial charge in [-0.15, -0.1) is 0 Å². The number of nitrogens with zero attached hydrogens (tertiary/aromatic N) is 1. The zero-order valence-electron chi connectivity index (χ0n) is 19.2. The van der Waals surface area contributed by atoms with Crippen LogP contribution in [0, 0.1) is 0 Å². The van der Waals surface area contributed by atoms with Crippen molar-refractivity contribution in [3.05, 3.63) is 47.5 Å². The average molecular weight is 573 g/mol. The zero-order chi connectivity index (χ0) is 27.5. The molecule has 0 fully saturated rings. The van der Waals surface area contributed by atoms with E-state index in [0.29, 0.717) is 6.54 Å². The van der Waals surface area contributed by atoms with Gasteiger partial charge >= 0.3 is 6.18 Å². The van der Waals surface area contributed by atoms with Gasteiger partial charge in [0, 0.05) is 18.8 Å². The molecular formula is C20H24ClF3N4O6S2. The van der Waals surface area contributed by atoms with Crippen molar-refractivity contribution in [2.45, 2.75) is 28.5 Å². The number of carbonyl (C=O) groups excluding carboxylic acids is 1. The highest BCUT2D eigenvalue weighted by Gasteiger charge is 2.55. The summed E-state index contributed by atoms with van der Waals surface area (Å²) in [6, 6.07) is 7.67. The van der Waals surface area contributed by atoms with Gasteiger partial charge in [0.15, 0.2) is 0 Å². The van der Waals surface area contributed by atoms with Crippen LogP contribution in [-0.4, -0.2) is 71.7 Å². The van der Waals surface area contributed by atoms with Crippen molar-refractivity contribution in [1.82, 2.24) is 9.62 Å². The molecule has 0 aromatic heterocycles. The number of alkyl halides is 3. The molecule has 10 nitrogen and oxygen atoms in total. The zero-order valence-corrected chi connectivity index (χ0v) is 21.6. The fourth-order valence-electron chi connectivity index (χ4n) is 2.54. The Morgan fingerprint density at radius 2 is 1.56 bits per heavy atom. The van der Waals surface area contributed by atoms with E-state index >= 15 is 0 Å². The number of sulfonamides is 2. The van der Waals surface area contributed by atoms with E-state index in [9.17, 15) is 39.9 Å². The van der Waals surface area contributed by atoms with Crippen LogP contribution in [0.25, 0.3) is 0 Å². The number of hydrogen-bond acceptors (Lipinski definition) is 7. The van der Waals surface area contributed by atoms with Crippen molar-refractivity contribution >= 4 is 48.9 Å². The molecule has 200 valence electrons. The van der Waals surface area contributed by atoms with Crippen LogP contribution < -0.4 is 14.8 Å². The molecule has 2 aromatic carbocycles. The van der Waals surface area contributed by atoms with Crippen molar-refractivity contribution in [3.8, 4) is 0 Å². The molecule has 0 heterocycles. The molecule has 0 aliphatic rings. The molecule has 1 atom stereocenters. The normalized spacial score (nSPS) is 14.4. The molecule has 0 aliphatic carbocycles. The quantitative estimate of drug-likeness (QED) is 0.342. The number of carbonyl (C=O) groups is 1. The number of anilines is 2. The maximum Gasteiger partial charge on any atom is 0.426 e. The summed E-state index contributed by atoms with van der Waals surface area (Å²) < 4.78 is 93.1. The topological polar surface area (TPSA) is 145 Å². The largest absolute Gasteiger partial charge is 0.426 e. The lowest BCUT2D eigenvalue weighted by molar-refractivity contribution is -0.242. The van der Waals surface area contributed by atoms with E-state index in [2.05, 4.69) is 9.44 Å². The van der Waals surface area contributed by atoms with Gasteiger partial charge in [-0.3, -0.25) is 9.52 Å². The highest BCUT2D eigenvalue weighted by molar-refractivity contribution is 7.92. The van der Waals surface area contributed by atoms with E-state index in [0.717, 1.165) is 18.2 Å². The van der Waals surface area contributed by atoms with Crippen LogP contribution in [-0.2, 0) is 24.8 Å². The number of hydrogen-bond donors (Lipinski definition) is 4. The van der Waals surface area contributed by atoms with Crippen LogP contribution in [0.15, 0.2) is 52.3 Å². The summed E-state index contributed by atoms with van der Waals surface area (Å²) in [7, 11) is -4.49. The highest BCUT2D eigenvalue weighted by Crippen LogP contribution is 2.33. The number of aliphatic hydroxyl groups is 1. The van der Waals surface area contributed by atoms with E-state index in [4.69, 9.17) is 11.6 Å². The summed E-state index contributed by atoms with van der Waals surface area (Å²) in [6.07, 6.45) is -5.26. The van der Waals surface area contributed by atoms with Crippen molar-refractivity contribution < 1.29 is 39.9 Å². The SMILES string of the molecule is CN(C)CCNS(=O)(=O)c1ccc(NS(=O)(=O)c2ccc(NC(=O)C(C)(O)C(F)(F)F)c(Cl)c2)cc1. The molecule has 1 unspecified atom stereocenters. The number of amides is 1. The summed E-state index contributed by atoms with van der Waals surface area (Å²) in [5.74, 6) is -1.81. The minimum Gasteiger partial charge on any atom is -0.373 e. The molecule has 0 bridgehead atoms. The Bertz CT molecular complexity index is 1320. The van der Waals surface area contributed by atoms with Gasteiger partial charge < -0.3 is 15.3 Å². The lowest BCUT2D eigenvalue weighted by Gasteiger charge is -2.25. The number of nitrogens with one attached hydrogen (secondary N) is 3. The van der Waals surface area contributed by atoms with Gasteiger partial charge in [-0.1, -0.05) is 11.6 Å². The second-order valence-corrected chi connectivity index (χ2v) is 11.9. The van der Waals surface area contributed by atoms with Crippen LogP contribution >= 0.6 is 11.6 Å². The van der Waals surface area contributed by atoms with Gasteiger partial charge in [0.1, 0.15) is 0 Å². The minimum absolute atomic E-state index is 0.0250. The van der Waals surface area contributed by atoms with Crippen molar-refractivity contribution in [3.63, 3.8) is 0 Å². The third-order valence-corrected chi connectivity index (χ3v) is 7.93. The molecule has 1 amide bonds. The summed E-state index contributed by atoms with van der Waals surface area (Å²) in [4.78, 5) is 13.1. The van der Waals surface area contributed by atoms with Gasteiger partial charge in [0.2, 0.25) is 15.6 Å². The molecule has 0 saturated heterocycles. The molecular weight excluding hydrogens is 549 g/mol. The van der Waals surface area contributed by atoms with E-state index in [-0.39, 0.29) is 29.7 Å². The van der Waals surface area contributed by atoms with E-state index < -0.39 is 47.6 Å². The molecule has 16 heteroatoms. The third kappa shape index (κ3) is 7.30. The number of benzene rings is 2. The molecule has 4 N–H and O–H groups in total. The molecule has 0 saturated carbocycles. The van der Waals surface area contributed by atoms with Crippen molar-refractivity contribution in [2.24, 2.45) is 0 Å². The fourth-order valence-corrected chi connectivity index (χ4v) is 4.94. The standard InChI is InChI=1S/C20H24ClF3N4O6S2/c1-19(30,20(22,23)24)18(29)26-17-9-8-15(12-16(17)21)36(33,34)27-13-4-6-14(7-5-13)35(31,32)25-10-11-28(2)3/h4-9,12,25,27,30H,10-11H2,1-3H3,(H,26,29). The first-order valence-corrected chi connectivity index (χ1v) is 13.4. The number of likely N-dealkylation sites (N-methyl/N-ethyl adjacent to an activating group) is 1. The first-order chi connectivity index (χ1) is 16.4. The van der Waals surface area contributed by atoms with Gasteiger partial charge in [0.05, 0.1) is 20.5 Å². The molecule has 0 aliphatic heterocycles. The lowest BCUT2D eigenvalue weighted by Crippen LogP contribution is -2.52. The molecule has 36 heavy (non-hydrogen) atoms. The summed E-state index contributed by atoms with van der Waals surface area (Å²) in [5, 5.41) is 10.8. The Kier molecular flexibility index (Phi) is 9.02. The summed E-state index contributed by atoms with van der Waals surface area (Å²) in [6.45, 7) is 0.911. The molecule has 2 aromatic rings. The van der Waals surface area contributed by atoms with E-state index in [1.54, 1.807) is 24.3 Å². The maximum absolute atomic E-state index is 12.8. The second-order valence-electron chi connectivity index (χ2n) is 8.00. The van der Waals surface area contributed by atoms with E-state index in [1.807, 2.05) is 0 Å². The number of rotatable bonds is 10. The van der Waals surface area contributed by atoms with Crippen LogP contribution in [0.1, 0.15) is 6.92 Å². The van der Waals surface area contributed by atoms with Gasteiger partial charge in [-0.25, -0.2) is 21.6 Å². The predicted molar refractivity (Wildman–Crippen MR) is 128 cm³/mol. The molecule has 0 spiro atoms. The Balaban J connectivity index is 2.16. The van der Waals surface area contributed by atoms with Crippen molar-refractivity contribution in [2.75, 3.05) is 37.2 Å². The Hall–Kier alpha value is -2.43. The molecule has 2 rings (SSSR count). The first kappa shape index (κ1) is 29.8. The fraction of sp³-hybridized carbons (Fsp3) is 0.350. The van der Waals surface area contributed by atoms with Gasteiger partial charge in [-0.05, 0) is 63.5 Å². The third-order valence-electron chi connectivity index (χ3n) is 4.76. The predicted octanol–water partition coefficient (Wildman–Crippen LogP) is 2.23. The first-order valence-electron chi connectivity index (χ1n) is 10.0. The Labute approximate surface area is 211 Å². The Morgan fingerprint density at radius 1 is 1.00 bits per heavy atom. The minimum atomic E-state index is -5.26. The average Bonchev–Trinajstić information content (AvgIpc) is 2.73. The van der Waals surface area contributed by atoms with Gasteiger partial charge in [-0.2, -0.15) is 13.2 Å². The molecule has 0 radical (unpaired) electrons. The summed E-state index contributed by atoms with van der Waals surface area (Å²) >= 11 is 5.93. The highest BCUT2D eigenvalue weighted by atomic mass is 35.5.